The fourth-order valence-corrected chi connectivity index (χ4v) is 2.62. The van der Waals surface area contributed by atoms with Gasteiger partial charge in [-0.1, -0.05) is 0 Å². The SMILES string of the molecule is O=C(CC1CCCO1)Nc1ccc2c(c1)CNCCO2. The number of rotatable bonds is 3. The molecule has 1 fully saturated rings. The number of carbonyl (C=O) groups excluding carboxylic acids is 1. The number of ether oxygens (including phenoxy) is 2. The molecular weight excluding hydrogens is 256 g/mol. The van der Waals surface area contributed by atoms with Crippen molar-refractivity contribution in [1.82, 2.24) is 5.32 Å². The molecule has 2 N–H and O–H groups in total. The zero-order chi connectivity index (χ0) is 13.8. The molecule has 5 heteroatoms. The third-order valence-corrected chi connectivity index (χ3v) is 3.63. The molecule has 2 heterocycles. The molecule has 0 bridgehead atoms. The first-order valence-electron chi connectivity index (χ1n) is 7.19. The van der Waals surface area contributed by atoms with Crippen LogP contribution in [0.3, 0.4) is 0 Å². The van der Waals surface area contributed by atoms with E-state index in [9.17, 15) is 4.79 Å². The van der Waals surface area contributed by atoms with Crippen LogP contribution in [-0.2, 0) is 16.1 Å². The van der Waals surface area contributed by atoms with E-state index in [4.69, 9.17) is 9.47 Å². The van der Waals surface area contributed by atoms with Gasteiger partial charge in [-0.2, -0.15) is 0 Å². The summed E-state index contributed by atoms with van der Waals surface area (Å²) in [6.45, 7) is 3.07. The number of hydrogen-bond acceptors (Lipinski definition) is 4. The van der Waals surface area contributed by atoms with Crippen molar-refractivity contribution in [1.29, 1.82) is 0 Å². The van der Waals surface area contributed by atoms with Gasteiger partial charge in [0, 0.05) is 30.9 Å². The van der Waals surface area contributed by atoms with Gasteiger partial charge in [0.15, 0.2) is 0 Å². The van der Waals surface area contributed by atoms with Gasteiger partial charge in [0.1, 0.15) is 12.4 Å². The largest absolute Gasteiger partial charge is 0.492 e. The molecule has 108 valence electrons. The average Bonchev–Trinajstić information content (AvgIpc) is 2.82. The van der Waals surface area contributed by atoms with Gasteiger partial charge >= 0.3 is 0 Å². The number of nitrogens with one attached hydrogen (secondary N) is 2. The fraction of sp³-hybridized carbons (Fsp3) is 0.533. The molecular formula is C15H20N2O3. The van der Waals surface area contributed by atoms with Gasteiger partial charge in [-0.25, -0.2) is 0 Å². The smallest absolute Gasteiger partial charge is 0.226 e. The molecule has 1 unspecified atom stereocenters. The summed E-state index contributed by atoms with van der Waals surface area (Å²) in [4.78, 5) is 12.0. The number of hydrogen-bond donors (Lipinski definition) is 2. The molecule has 0 aliphatic carbocycles. The Hall–Kier alpha value is -1.59. The third kappa shape index (κ3) is 3.29. The van der Waals surface area contributed by atoms with Crippen molar-refractivity contribution in [3.05, 3.63) is 23.8 Å². The van der Waals surface area contributed by atoms with Gasteiger partial charge in [0.2, 0.25) is 5.91 Å². The van der Waals surface area contributed by atoms with Crippen molar-refractivity contribution in [3.8, 4) is 5.75 Å². The van der Waals surface area contributed by atoms with Gasteiger partial charge in [-0.05, 0) is 31.0 Å². The van der Waals surface area contributed by atoms with Crippen molar-refractivity contribution in [2.75, 3.05) is 25.1 Å². The van der Waals surface area contributed by atoms with Crippen LogP contribution in [0.15, 0.2) is 18.2 Å². The Morgan fingerprint density at radius 3 is 3.20 bits per heavy atom. The van der Waals surface area contributed by atoms with Crippen molar-refractivity contribution >= 4 is 11.6 Å². The summed E-state index contributed by atoms with van der Waals surface area (Å²) in [7, 11) is 0. The fourth-order valence-electron chi connectivity index (χ4n) is 2.62. The summed E-state index contributed by atoms with van der Waals surface area (Å²) in [6.07, 6.45) is 2.56. The zero-order valence-corrected chi connectivity index (χ0v) is 11.5. The second-order valence-corrected chi connectivity index (χ2v) is 5.24. The lowest BCUT2D eigenvalue weighted by Gasteiger charge is -2.12. The Kier molecular flexibility index (Phi) is 4.18. The highest BCUT2D eigenvalue weighted by Crippen LogP contribution is 2.24. The molecule has 1 amide bonds. The van der Waals surface area contributed by atoms with E-state index in [2.05, 4.69) is 10.6 Å². The van der Waals surface area contributed by atoms with Crippen LogP contribution in [0.25, 0.3) is 0 Å². The highest BCUT2D eigenvalue weighted by Gasteiger charge is 2.19. The minimum absolute atomic E-state index is 0.0133. The summed E-state index contributed by atoms with van der Waals surface area (Å²) >= 11 is 0. The molecule has 1 aromatic rings. The number of anilines is 1. The first-order chi connectivity index (χ1) is 9.81. The van der Waals surface area contributed by atoms with Crippen molar-refractivity contribution in [3.63, 3.8) is 0 Å². The second kappa shape index (κ2) is 6.24. The Morgan fingerprint density at radius 1 is 1.40 bits per heavy atom. The van der Waals surface area contributed by atoms with Crippen molar-refractivity contribution in [2.24, 2.45) is 0 Å². The Labute approximate surface area is 118 Å². The topological polar surface area (TPSA) is 59.6 Å². The van der Waals surface area contributed by atoms with E-state index in [1.165, 1.54) is 0 Å². The Bertz CT molecular complexity index is 484. The molecule has 0 saturated carbocycles. The number of carbonyl (C=O) groups is 1. The second-order valence-electron chi connectivity index (χ2n) is 5.24. The van der Waals surface area contributed by atoms with Crippen molar-refractivity contribution in [2.45, 2.75) is 31.9 Å². The molecule has 2 aliphatic rings. The zero-order valence-electron chi connectivity index (χ0n) is 11.5. The predicted molar refractivity (Wildman–Crippen MR) is 75.9 cm³/mol. The molecule has 1 atom stereocenters. The minimum atomic E-state index is 0.0133. The molecule has 3 rings (SSSR count). The van der Waals surface area contributed by atoms with Crippen LogP contribution in [-0.4, -0.2) is 31.8 Å². The van der Waals surface area contributed by atoms with E-state index in [0.717, 1.165) is 49.5 Å². The quantitative estimate of drug-likeness (QED) is 0.882. The first kappa shape index (κ1) is 13.4. The van der Waals surface area contributed by atoms with E-state index in [-0.39, 0.29) is 12.0 Å². The summed E-state index contributed by atoms with van der Waals surface area (Å²) < 4.78 is 11.1. The summed E-state index contributed by atoms with van der Waals surface area (Å²) in [6, 6.07) is 5.78. The van der Waals surface area contributed by atoms with Gasteiger partial charge in [0.25, 0.3) is 0 Å². The number of amides is 1. The molecule has 0 radical (unpaired) electrons. The van der Waals surface area contributed by atoms with E-state index in [0.29, 0.717) is 13.0 Å². The normalized spacial score (nSPS) is 21.7. The summed E-state index contributed by atoms with van der Waals surface area (Å²) in [5.74, 6) is 0.909. The molecule has 0 spiro atoms. The van der Waals surface area contributed by atoms with Crippen LogP contribution in [0, 0.1) is 0 Å². The van der Waals surface area contributed by atoms with E-state index < -0.39 is 0 Å². The van der Waals surface area contributed by atoms with Crippen LogP contribution in [0.2, 0.25) is 0 Å². The predicted octanol–water partition coefficient (Wildman–Crippen LogP) is 1.68. The van der Waals surface area contributed by atoms with E-state index in [1.807, 2.05) is 18.2 Å². The lowest BCUT2D eigenvalue weighted by atomic mass is 10.1. The van der Waals surface area contributed by atoms with Crippen LogP contribution in [0.5, 0.6) is 5.75 Å². The average molecular weight is 276 g/mol. The minimum Gasteiger partial charge on any atom is -0.492 e. The van der Waals surface area contributed by atoms with Crippen LogP contribution < -0.4 is 15.4 Å². The maximum atomic E-state index is 12.0. The van der Waals surface area contributed by atoms with Gasteiger partial charge in [0.05, 0.1) is 12.5 Å². The first-order valence-corrected chi connectivity index (χ1v) is 7.19. The summed E-state index contributed by atoms with van der Waals surface area (Å²) in [5.41, 5.74) is 1.90. The van der Waals surface area contributed by atoms with Crippen molar-refractivity contribution < 1.29 is 14.3 Å². The van der Waals surface area contributed by atoms with Gasteiger partial charge in [-0.15, -0.1) is 0 Å². The number of fused-ring (bicyclic) bond motifs is 1. The molecule has 1 saturated heterocycles. The Morgan fingerprint density at radius 2 is 2.35 bits per heavy atom. The highest BCUT2D eigenvalue weighted by atomic mass is 16.5. The molecule has 20 heavy (non-hydrogen) atoms. The lowest BCUT2D eigenvalue weighted by Crippen LogP contribution is -2.19. The standard InChI is InChI=1S/C15H20N2O3/c18-15(9-13-2-1-6-19-13)17-12-3-4-14-11(8-12)10-16-5-7-20-14/h3-4,8,13,16H,1-2,5-7,9-10H2,(H,17,18). The molecule has 2 aliphatic heterocycles. The Balaban J connectivity index is 1.62. The maximum Gasteiger partial charge on any atom is 0.226 e. The van der Waals surface area contributed by atoms with Gasteiger partial charge < -0.3 is 20.1 Å². The third-order valence-electron chi connectivity index (χ3n) is 3.63. The lowest BCUT2D eigenvalue weighted by molar-refractivity contribution is -0.118. The van der Waals surface area contributed by atoms with Crippen LogP contribution in [0.1, 0.15) is 24.8 Å². The van der Waals surface area contributed by atoms with E-state index >= 15 is 0 Å². The molecule has 5 nitrogen and oxygen atoms in total. The van der Waals surface area contributed by atoms with E-state index in [1.54, 1.807) is 0 Å². The maximum absolute atomic E-state index is 12.0. The molecule has 0 aromatic heterocycles. The van der Waals surface area contributed by atoms with Crippen LogP contribution in [0.4, 0.5) is 5.69 Å². The van der Waals surface area contributed by atoms with Crippen LogP contribution >= 0.6 is 0 Å². The summed E-state index contributed by atoms with van der Waals surface area (Å²) in [5, 5.41) is 6.22. The molecule has 1 aromatic carbocycles. The highest BCUT2D eigenvalue weighted by molar-refractivity contribution is 5.91. The number of benzene rings is 1. The van der Waals surface area contributed by atoms with Gasteiger partial charge in [-0.3, -0.25) is 4.79 Å². The monoisotopic (exact) mass is 276 g/mol.